The Morgan fingerprint density at radius 3 is 2.93 bits per heavy atom. The molecule has 0 amide bonds. The summed E-state index contributed by atoms with van der Waals surface area (Å²) in [4.78, 5) is 0. The van der Waals surface area contributed by atoms with Gasteiger partial charge in [-0.1, -0.05) is 17.7 Å². The molecular weight excluding hydrogens is 214 g/mol. The summed E-state index contributed by atoms with van der Waals surface area (Å²) in [6.07, 6.45) is 0. The Morgan fingerprint density at radius 2 is 2.27 bits per heavy atom. The SMILES string of the molecule is Cc1ccc(-n2nnnc2CN)c(Cl)c1. The molecule has 5 nitrogen and oxygen atoms in total. The minimum atomic E-state index is 0.275. The minimum absolute atomic E-state index is 0.275. The minimum Gasteiger partial charge on any atom is -0.324 e. The third-order valence-corrected chi connectivity index (χ3v) is 2.35. The molecule has 2 aromatic rings. The fourth-order valence-corrected chi connectivity index (χ4v) is 1.62. The Bertz CT molecular complexity index is 479. The van der Waals surface area contributed by atoms with Crippen LogP contribution < -0.4 is 5.73 Å². The van der Waals surface area contributed by atoms with E-state index in [0.717, 1.165) is 11.3 Å². The maximum Gasteiger partial charge on any atom is 0.170 e. The molecule has 1 aromatic heterocycles. The molecule has 0 saturated carbocycles. The van der Waals surface area contributed by atoms with E-state index in [4.69, 9.17) is 17.3 Å². The number of benzene rings is 1. The average molecular weight is 224 g/mol. The van der Waals surface area contributed by atoms with Crippen molar-refractivity contribution in [2.45, 2.75) is 13.5 Å². The molecule has 78 valence electrons. The summed E-state index contributed by atoms with van der Waals surface area (Å²) in [6, 6.07) is 5.68. The number of hydrogen-bond donors (Lipinski definition) is 1. The summed E-state index contributed by atoms with van der Waals surface area (Å²) in [5, 5.41) is 11.8. The highest BCUT2D eigenvalue weighted by molar-refractivity contribution is 6.32. The van der Waals surface area contributed by atoms with E-state index in [1.165, 1.54) is 0 Å². The van der Waals surface area contributed by atoms with Crippen molar-refractivity contribution in [3.63, 3.8) is 0 Å². The van der Waals surface area contributed by atoms with Gasteiger partial charge in [0.05, 0.1) is 17.3 Å². The highest BCUT2D eigenvalue weighted by Crippen LogP contribution is 2.21. The van der Waals surface area contributed by atoms with Gasteiger partial charge in [0.2, 0.25) is 0 Å². The molecule has 0 atom stereocenters. The summed E-state index contributed by atoms with van der Waals surface area (Å²) in [5.41, 5.74) is 7.34. The molecule has 1 heterocycles. The highest BCUT2D eigenvalue weighted by atomic mass is 35.5. The van der Waals surface area contributed by atoms with Crippen molar-refractivity contribution in [2.24, 2.45) is 5.73 Å². The Kier molecular flexibility index (Phi) is 2.66. The van der Waals surface area contributed by atoms with Gasteiger partial charge < -0.3 is 5.73 Å². The number of halogens is 1. The summed E-state index contributed by atoms with van der Waals surface area (Å²) in [7, 11) is 0. The van der Waals surface area contributed by atoms with Crippen molar-refractivity contribution in [3.05, 3.63) is 34.6 Å². The molecule has 0 spiro atoms. The summed E-state index contributed by atoms with van der Waals surface area (Å²) >= 11 is 6.09. The van der Waals surface area contributed by atoms with Crippen LogP contribution in [0.2, 0.25) is 5.02 Å². The predicted molar refractivity (Wildman–Crippen MR) is 56.8 cm³/mol. The number of hydrogen-bond acceptors (Lipinski definition) is 4. The van der Waals surface area contributed by atoms with Gasteiger partial charge >= 0.3 is 0 Å². The number of aryl methyl sites for hydroxylation is 1. The molecule has 0 unspecified atom stereocenters. The normalized spacial score (nSPS) is 10.6. The number of tetrazole rings is 1. The lowest BCUT2D eigenvalue weighted by Crippen LogP contribution is -2.08. The van der Waals surface area contributed by atoms with Crippen LogP contribution in [0, 0.1) is 6.92 Å². The molecule has 0 aliphatic heterocycles. The zero-order chi connectivity index (χ0) is 10.8. The Balaban J connectivity index is 2.54. The van der Waals surface area contributed by atoms with E-state index in [-0.39, 0.29) is 6.54 Å². The number of nitrogens with zero attached hydrogens (tertiary/aromatic N) is 4. The van der Waals surface area contributed by atoms with Crippen LogP contribution in [-0.2, 0) is 6.54 Å². The van der Waals surface area contributed by atoms with Crippen LogP contribution in [0.5, 0.6) is 0 Å². The molecule has 0 saturated heterocycles. The third kappa shape index (κ3) is 1.84. The van der Waals surface area contributed by atoms with Crippen molar-refractivity contribution in [3.8, 4) is 5.69 Å². The second-order valence-corrected chi connectivity index (χ2v) is 3.57. The highest BCUT2D eigenvalue weighted by Gasteiger charge is 2.09. The fourth-order valence-electron chi connectivity index (χ4n) is 1.30. The van der Waals surface area contributed by atoms with Gasteiger partial charge in [-0.3, -0.25) is 0 Å². The zero-order valence-corrected chi connectivity index (χ0v) is 8.94. The van der Waals surface area contributed by atoms with Gasteiger partial charge in [-0.2, -0.15) is 4.68 Å². The maximum absolute atomic E-state index is 6.09. The first kappa shape index (κ1) is 10.1. The average Bonchev–Trinajstić information content (AvgIpc) is 2.65. The van der Waals surface area contributed by atoms with E-state index >= 15 is 0 Å². The fraction of sp³-hybridized carbons (Fsp3) is 0.222. The van der Waals surface area contributed by atoms with Crippen LogP contribution >= 0.6 is 11.6 Å². The summed E-state index contributed by atoms with van der Waals surface area (Å²) in [6.45, 7) is 2.25. The van der Waals surface area contributed by atoms with Gasteiger partial charge in [0.25, 0.3) is 0 Å². The van der Waals surface area contributed by atoms with Gasteiger partial charge in [0, 0.05) is 0 Å². The molecule has 0 fully saturated rings. The van der Waals surface area contributed by atoms with E-state index in [1.807, 2.05) is 25.1 Å². The molecule has 0 aliphatic rings. The molecule has 0 radical (unpaired) electrons. The van der Waals surface area contributed by atoms with Gasteiger partial charge in [0.15, 0.2) is 5.82 Å². The maximum atomic E-state index is 6.09. The van der Waals surface area contributed by atoms with E-state index in [1.54, 1.807) is 4.68 Å². The lowest BCUT2D eigenvalue weighted by Gasteiger charge is -2.05. The van der Waals surface area contributed by atoms with Gasteiger partial charge in [-0.05, 0) is 35.0 Å². The van der Waals surface area contributed by atoms with Crippen LogP contribution in [0.4, 0.5) is 0 Å². The largest absolute Gasteiger partial charge is 0.324 e. The Hall–Kier alpha value is -1.46. The smallest absolute Gasteiger partial charge is 0.170 e. The van der Waals surface area contributed by atoms with Gasteiger partial charge in [-0.15, -0.1) is 5.10 Å². The Labute approximate surface area is 91.8 Å². The van der Waals surface area contributed by atoms with Crippen LogP contribution in [-0.4, -0.2) is 20.2 Å². The van der Waals surface area contributed by atoms with Crippen LogP contribution in [0.25, 0.3) is 5.69 Å². The second kappa shape index (κ2) is 3.96. The lowest BCUT2D eigenvalue weighted by atomic mass is 10.2. The Morgan fingerprint density at radius 1 is 1.47 bits per heavy atom. The zero-order valence-electron chi connectivity index (χ0n) is 8.18. The molecule has 2 rings (SSSR count). The van der Waals surface area contributed by atoms with E-state index in [9.17, 15) is 0 Å². The van der Waals surface area contributed by atoms with Crippen LogP contribution in [0.3, 0.4) is 0 Å². The van der Waals surface area contributed by atoms with Crippen molar-refractivity contribution in [1.29, 1.82) is 0 Å². The molecule has 1 aromatic carbocycles. The quantitative estimate of drug-likeness (QED) is 0.827. The molecule has 2 N–H and O–H groups in total. The molecule has 6 heteroatoms. The van der Waals surface area contributed by atoms with E-state index < -0.39 is 0 Å². The molecule has 15 heavy (non-hydrogen) atoms. The standard InChI is InChI=1S/C9H10ClN5/c1-6-2-3-8(7(10)4-6)15-9(5-11)12-13-14-15/h2-4H,5,11H2,1H3. The van der Waals surface area contributed by atoms with Gasteiger partial charge in [0.1, 0.15) is 0 Å². The first-order valence-corrected chi connectivity index (χ1v) is 4.84. The second-order valence-electron chi connectivity index (χ2n) is 3.17. The monoisotopic (exact) mass is 223 g/mol. The van der Waals surface area contributed by atoms with E-state index in [2.05, 4.69) is 15.5 Å². The van der Waals surface area contributed by atoms with Crippen LogP contribution in [0.1, 0.15) is 11.4 Å². The summed E-state index contributed by atoms with van der Waals surface area (Å²) < 4.78 is 1.54. The molecular formula is C9H10ClN5. The van der Waals surface area contributed by atoms with Crippen LogP contribution in [0.15, 0.2) is 18.2 Å². The predicted octanol–water partition coefficient (Wildman–Crippen LogP) is 1.08. The number of rotatable bonds is 2. The first-order valence-electron chi connectivity index (χ1n) is 4.46. The third-order valence-electron chi connectivity index (χ3n) is 2.05. The van der Waals surface area contributed by atoms with E-state index in [0.29, 0.717) is 10.8 Å². The summed E-state index contributed by atoms with van der Waals surface area (Å²) in [5.74, 6) is 0.584. The van der Waals surface area contributed by atoms with Crippen molar-refractivity contribution >= 4 is 11.6 Å². The van der Waals surface area contributed by atoms with Crippen molar-refractivity contribution in [1.82, 2.24) is 20.2 Å². The topological polar surface area (TPSA) is 69.6 Å². The van der Waals surface area contributed by atoms with Crippen molar-refractivity contribution < 1.29 is 0 Å². The number of aromatic nitrogens is 4. The lowest BCUT2D eigenvalue weighted by molar-refractivity contribution is 0.761. The van der Waals surface area contributed by atoms with Gasteiger partial charge in [-0.25, -0.2) is 0 Å². The number of nitrogens with two attached hydrogens (primary N) is 1. The first-order chi connectivity index (χ1) is 7.22. The molecule has 0 aliphatic carbocycles. The molecule has 0 bridgehead atoms. The van der Waals surface area contributed by atoms with Crippen molar-refractivity contribution in [2.75, 3.05) is 0 Å².